The molecule has 98 valence electrons. The Morgan fingerprint density at radius 3 is 2.94 bits per heavy atom. The second kappa shape index (κ2) is 8.51. The second-order valence-corrected chi connectivity index (χ2v) is 4.13. The molecule has 0 bridgehead atoms. The molecule has 0 aliphatic heterocycles. The standard InChI is InChI=1S/C14H20N2O2/c1-2-5-13(17)11-16-10-12-6-3-4-7-14(12)18-9-8-15/h3-4,6-7,13,16-17H,2,5,9-11H2,1H3. The quantitative estimate of drug-likeness (QED) is 0.736. The summed E-state index contributed by atoms with van der Waals surface area (Å²) >= 11 is 0. The van der Waals surface area contributed by atoms with Crippen LogP contribution in [0, 0.1) is 11.3 Å². The summed E-state index contributed by atoms with van der Waals surface area (Å²) in [6.45, 7) is 3.30. The monoisotopic (exact) mass is 248 g/mol. The van der Waals surface area contributed by atoms with Crippen LogP contribution in [0.5, 0.6) is 5.75 Å². The number of hydrogen-bond acceptors (Lipinski definition) is 4. The average molecular weight is 248 g/mol. The van der Waals surface area contributed by atoms with Crippen molar-refractivity contribution >= 4 is 0 Å². The highest BCUT2D eigenvalue weighted by Crippen LogP contribution is 2.17. The average Bonchev–Trinajstić information content (AvgIpc) is 2.38. The molecule has 0 amide bonds. The molecular weight excluding hydrogens is 228 g/mol. The Labute approximate surface area is 108 Å². The molecule has 0 saturated heterocycles. The molecule has 0 fully saturated rings. The van der Waals surface area contributed by atoms with Gasteiger partial charge in [-0.25, -0.2) is 0 Å². The fraction of sp³-hybridized carbons (Fsp3) is 0.500. The fourth-order valence-corrected chi connectivity index (χ4v) is 1.71. The van der Waals surface area contributed by atoms with Crippen LogP contribution in [0.1, 0.15) is 25.3 Å². The summed E-state index contributed by atoms with van der Waals surface area (Å²) in [4.78, 5) is 0. The molecule has 0 spiro atoms. The lowest BCUT2D eigenvalue weighted by molar-refractivity contribution is 0.160. The molecule has 1 aromatic carbocycles. The van der Waals surface area contributed by atoms with E-state index in [0.717, 1.165) is 24.2 Å². The molecule has 4 heteroatoms. The van der Waals surface area contributed by atoms with Gasteiger partial charge in [0.25, 0.3) is 0 Å². The minimum Gasteiger partial charge on any atom is -0.478 e. The second-order valence-electron chi connectivity index (χ2n) is 4.13. The maximum atomic E-state index is 9.60. The maximum Gasteiger partial charge on any atom is 0.174 e. The van der Waals surface area contributed by atoms with E-state index in [1.165, 1.54) is 0 Å². The van der Waals surface area contributed by atoms with Gasteiger partial charge in [-0.15, -0.1) is 0 Å². The summed E-state index contributed by atoms with van der Waals surface area (Å²) in [5, 5.41) is 21.3. The van der Waals surface area contributed by atoms with Crippen LogP contribution < -0.4 is 10.1 Å². The molecule has 0 saturated carbocycles. The Balaban J connectivity index is 2.43. The number of ether oxygens (including phenoxy) is 1. The van der Waals surface area contributed by atoms with Crippen LogP contribution in [-0.2, 0) is 6.54 Å². The zero-order valence-corrected chi connectivity index (χ0v) is 10.7. The predicted octanol–water partition coefficient (Wildman–Crippen LogP) is 1.84. The number of aliphatic hydroxyl groups excluding tert-OH is 1. The van der Waals surface area contributed by atoms with Crippen LogP contribution in [0.2, 0.25) is 0 Å². The predicted molar refractivity (Wildman–Crippen MR) is 70.2 cm³/mol. The third kappa shape index (κ3) is 5.17. The molecule has 0 aliphatic carbocycles. The van der Waals surface area contributed by atoms with E-state index >= 15 is 0 Å². The minimum atomic E-state index is -0.304. The van der Waals surface area contributed by atoms with E-state index < -0.39 is 0 Å². The van der Waals surface area contributed by atoms with Gasteiger partial charge in [0.1, 0.15) is 11.8 Å². The highest BCUT2D eigenvalue weighted by molar-refractivity contribution is 5.33. The van der Waals surface area contributed by atoms with Gasteiger partial charge < -0.3 is 15.2 Å². The number of para-hydroxylation sites is 1. The van der Waals surface area contributed by atoms with Crippen LogP contribution in [0.3, 0.4) is 0 Å². The van der Waals surface area contributed by atoms with Crippen LogP contribution in [0.4, 0.5) is 0 Å². The molecule has 2 N–H and O–H groups in total. The zero-order valence-electron chi connectivity index (χ0n) is 10.7. The highest BCUT2D eigenvalue weighted by atomic mass is 16.5. The number of benzene rings is 1. The van der Waals surface area contributed by atoms with Crippen molar-refractivity contribution in [2.75, 3.05) is 13.2 Å². The summed E-state index contributed by atoms with van der Waals surface area (Å²) in [6, 6.07) is 9.55. The van der Waals surface area contributed by atoms with Gasteiger partial charge in [-0.3, -0.25) is 0 Å². The maximum absolute atomic E-state index is 9.60. The molecule has 1 aromatic rings. The molecule has 1 rings (SSSR count). The van der Waals surface area contributed by atoms with Crippen molar-refractivity contribution in [3.63, 3.8) is 0 Å². The topological polar surface area (TPSA) is 65.3 Å². The van der Waals surface area contributed by atoms with Crippen molar-refractivity contribution in [2.45, 2.75) is 32.4 Å². The van der Waals surface area contributed by atoms with Crippen LogP contribution in [0.25, 0.3) is 0 Å². The molecule has 1 unspecified atom stereocenters. The summed E-state index contributed by atoms with van der Waals surface area (Å²) in [6.07, 6.45) is 1.48. The molecule has 0 aliphatic rings. The summed E-state index contributed by atoms with van der Waals surface area (Å²) in [5.74, 6) is 0.719. The Bertz CT molecular complexity index is 388. The Morgan fingerprint density at radius 2 is 2.22 bits per heavy atom. The van der Waals surface area contributed by atoms with Gasteiger partial charge in [-0.05, 0) is 12.5 Å². The summed E-state index contributed by atoms with van der Waals surface area (Å²) in [7, 11) is 0. The van der Waals surface area contributed by atoms with E-state index in [1.54, 1.807) is 0 Å². The Kier molecular flexibility index (Phi) is 6.85. The van der Waals surface area contributed by atoms with Crippen LogP contribution >= 0.6 is 0 Å². The van der Waals surface area contributed by atoms with Gasteiger partial charge in [0.2, 0.25) is 0 Å². The van der Waals surface area contributed by atoms with E-state index in [4.69, 9.17) is 10.00 Å². The smallest absolute Gasteiger partial charge is 0.174 e. The van der Waals surface area contributed by atoms with Gasteiger partial charge in [-0.1, -0.05) is 31.5 Å². The first-order valence-corrected chi connectivity index (χ1v) is 6.24. The molecule has 0 radical (unpaired) electrons. The first-order chi connectivity index (χ1) is 8.77. The molecule has 0 aromatic heterocycles. The van der Waals surface area contributed by atoms with Crippen molar-refractivity contribution in [1.82, 2.24) is 5.32 Å². The van der Waals surface area contributed by atoms with Gasteiger partial charge in [0.15, 0.2) is 6.61 Å². The fourth-order valence-electron chi connectivity index (χ4n) is 1.71. The van der Waals surface area contributed by atoms with Crippen molar-refractivity contribution < 1.29 is 9.84 Å². The van der Waals surface area contributed by atoms with Crippen molar-refractivity contribution in [3.8, 4) is 11.8 Å². The number of hydrogen-bond donors (Lipinski definition) is 2. The molecule has 18 heavy (non-hydrogen) atoms. The van der Waals surface area contributed by atoms with Gasteiger partial charge in [0, 0.05) is 18.7 Å². The SMILES string of the molecule is CCCC(O)CNCc1ccccc1OCC#N. The van der Waals surface area contributed by atoms with Crippen molar-refractivity contribution in [2.24, 2.45) is 0 Å². The molecular formula is C14H20N2O2. The zero-order chi connectivity index (χ0) is 13.2. The third-order valence-corrected chi connectivity index (χ3v) is 2.58. The van der Waals surface area contributed by atoms with E-state index in [1.807, 2.05) is 37.3 Å². The number of aliphatic hydroxyl groups is 1. The largest absolute Gasteiger partial charge is 0.478 e. The molecule has 1 atom stereocenters. The number of rotatable bonds is 8. The lowest BCUT2D eigenvalue weighted by Crippen LogP contribution is -2.26. The Hall–Kier alpha value is -1.57. The van der Waals surface area contributed by atoms with Crippen LogP contribution in [-0.4, -0.2) is 24.4 Å². The number of nitrogens with zero attached hydrogens (tertiary/aromatic N) is 1. The van der Waals surface area contributed by atoms with E-state index in [2.05, 4.69) is 5.32 Å². The van der Waals surface area contributed by atoms with E-state index in [9.17, 15) is 5.11 Å². The highest BCUT2D eigenvalue weighted by Gasteiger charge is 2.05. The number of nitrogens with one attached hydrogen (secondary N) is 1. The lowest BCUT2D eigenvalue weighted by Gasteiger charge is -2.13. The first-order valence-electron chi connectivity index (χ1n) is 6.24. The van der Waals surface area contributed by atoms with Gasteiger partial charge >= 0.3 is 0 Å². The van der Waals surface area contributed by atoms with Crippen LogP contribution in [0.15, 0.2) is 24.3 Å². The molecule has 0 heterocycles. The first kappa shape index (κ1) is 14.5. The normalized spacial score (nSPS) is 11.8. The number of nitriles is 1. The van der Waals surface area contributed by atoms with Crippen molar-refractivity contribution in [1.29, 1.82) is 5.26 Å². The van der Waals surface area contributed by atoms with Gasteiger partial charge in [0.05, 0.1) is 6.10 Å². The Morgan fingerprint density at radius 1 is 1.44 bits per heavy atom. The van der Waals surface area contributed by atoms with E-state index in [0.29, 0.717) is 13.1 Å². The van der Waals surface area contributed by atoms with Crippen molar-refractivity contribution in [3.05, 3.63) is 29.8 Å². The summed E-state index contributed by atoms with van der Waals surface area (Å²) < 4.78 is 5.33. The van der Waals surface area contributed by atoms with E-state index in [-0.39, 0.29) is 12.7 Å². The molecule has 4 nitrogen and oxygen atoms in total. The van der Waals surface area contributed by atoms with Gasteiger partial charge in [-0.2, -0.15) is 5.26 Å². The minimum absolute atomic E-state index is 0.0511. The summed E-state index contributed by atoms with van der Waals surface area (Å²) in [5.41, 5.74) is 0.997. The third-order valence-electron chi connectivity index (χ3n) is 2.58. The lowest BCUT2D eigenvalue weighted by atomic mass is 10.2.